The van der Waals surface area contributed by atoms with Gasteiger partial charge in [-0.05, 0) is 36.3 Å². The van der Waals surface area contributed by atoms with Crippen LogP contribution in [-0.2, 0) is 9.84 Å². The Morgan fingerprint density at radius 3 is 2.25 bits per heavy atom. The smallest absolute Gasteiger partial charge is 0.216 e. The van der Waals surface area contributed by atoms with E-state index in [2.05, 4.69) is 0 Å². The minimum atomic E-state index is -3.77. The Balaban J connectivity index is 2.55. The van der Waals surface area contributed by atoms with Gasteiger partial charge in [0.1, 0.15) is 11.0 Å². The highest BCUT2D eigenvalue weighted by atomic mass is 32.2. The van der Waals surface area contributed by atoms with Crippen molar-refractivity contribution in [2.45, 2.75) is 11.8 Å². The summed E-state index contributed by atoms with van der Waals surface area (Å²) in [6, 6.07) is 17.1. The first kappa shape index (κ1) is 14.0. The minimum absolute atomic E-state index is 0.126. The van der Waals surface area contributed by atoms with Gasteiger partial charge in [-0.15, -0.1) is 0 Å². The zero-order chi connectivity index (χ0) is 14.6. The Hall–Kier alpha value is -2.38. The Morgan fingerprint density at radius 1 is 1.05 bits per heavy atom. The van der Waals surface area contributed by atoms with Gasteiger partial charge < -0.3 is 0 Å². The van der Waals surface area contributed by atoms with Crippen molar-refractivity contribution in [3.63, 3.8) is 0 Å². The third-order valence-electron chi connectivity index (χ3n) is 2.93. The highest BCUT2D eigenvalue weighted by Crippen LogP contribution is 2.21. The molecule has 0 aromatic heterocycles. The fourth-order valence-electron chi connectivity index (χ4n) is 1.79. The van der Waals surface area contributed by atoms with Crippen molar-refractivity contribution in [1.29, 1.82) is 5.26 Å². The van der Waals surface area contributed by atoms with Gasteiger partial charge in [0.15, 0.2) is 0 Å². The van der Waals surface area contributed by atoms with Crippen LogP contribution in [0.4, 0.5) is 0 Å². The van der Waals surface area contributed by atoms with Crippen LogP contribution in [0.3, 0.4) is 0 Å². The topological polar surface area (TPSA) is 57.9 Å². The summed E-state index contributed by atoms with van der Waals surface area (Å²) in [5.74, 6) is 0. The second-order valence-corrected chi connectivity index (χ2v) is 6.21. The van der Waals surface area contributed by atoms with Crippen LogP contribution in [0.2, 0.25) is 0 Å². The van der Waals surface area contributed by atoms with Crippen molar-refractivity contribution in [3.05, 3.63) is 70.6 Å². The summed E-state index contributed by atoms with van der Waals surface area (Å²) < 4.78 is 24.8. The zero-order valence-electron chi connectivity index (χ0n) is 10.9. The fourth-order valence-corrected chi connectivity index (χ4v) is 2.96. The van der Waals surface area contributed by atoms with Gasteiger partial charge in [0.2, 0.25) is 9.84 Å². The van der Waals surface area contributed by atoms with Crippen LogP contribution in [0, 0.1) is 18.3 Å². The number of aryl methyl sites for hydroxylation is 1. The van der Waals surface area contributed by atoms with Gasteiger partial charge in [-0.25, -0.2) is 8.42 Å². The first-order valence-electron chi connectivity index (χ1n) is 6.03. The SMILES string of the molecule is Cc1ccccc1/C=C(/C#N)S(=O)(=O)c1ccccc1. The van der Waals surface area contributed by atoms with Gasteiger partial charge in [0.25, 0.3) is 0 Å². The largest absolute Gasteiger partial charge is 0.218 e. The van der Waals surface area contributed by atoms with Crippen LogP contribution < -0.4 is 0 Å². The van der Waals surface area contributed by atoms with E-state index < -0.39 is 9.84 Å². The van der Waals surface area contributed by atoms with Crippen LogP contribution in [0.25, 0.3) is 6.08 Å². The average Bonchev–Trinajstić information content (AvgIpc) is 2.47. The first-order valence-corrected chi connectivity index (χ1v) is 7.51. The number of sulfone groups is 1. The van der Waals surface area contributed by atoms with E-state index in [0.29, 0.717) is 0 Å². The Labute approximate surface area is 118 Å². The van der Waals surface area contributed by atoms with E-state index in [1.807, 2.05) is 25.1 Å². The second-order valence-electron chi connectivity index (χ2n) is 4.29. The molecular weight excluding hydrogens is 270 g/mol. The molecule has 20 heavy (non-hydrogen) atoms. The molecule has 0 aliphatic carbocycles. The van der Waals surface area contributed by atoms with Gasteiger partial charge in [0, 0.05) is 0 Å². The lowest BCUT2D eigenvalue weighted by Crippen LogP contribution is -2.03. The third kappa shape index (κ3) is 2.79. The summed E-state index contributed by atoms with van der Waals surface area (Å²) in [6.45, 7) is 1.87. The van der Waals surface area contributed by atoms with E-state index in [4.69, 9.17) is 0 Å². The summed E-state index contributed by atoms with van der Waals surface area (Å²) >= 11 is 0. The quantitative estimate of drug-likeness (QED) is 0.812. The van der Waals surface area contributed by atoms with Crippen molar-refractivity contribution in [2.75, 3.05) is 0 Å². The maximum atomic E-state index is 12.4. The summed E-state index contributed by atoms with van der Waals surface area (Å²) in [5.41, 5.74) is 1.65. The molecule has 0 aliphatic heterocycles. The fraction of sp³-hybridized carbons (Fsp3) is 0.0625. The predicted molar refractivity (Wildman–Crippen MR) is 78.4 cm³/mol. The number of hydrogen-bond acceptors (Lipinski definition) is 3. The molecule has 0 amide bonds. The number of hydrogen-bond donors (Lipinski definition) is 0. The summed E-state index contributed by atoms with van der Waals surface area (Å²) in [7, 11) is -3.77. The molecule has 0 radical (unpaired) electrons. The molecule has 0 atom stereocenters. The molecule has 100 valence electrons. The number of rotatable bonds is 3. The summed E-state index contributed by atoms with van der Waals surface area (Å²) in [5, 5.41) is 9.18. The Bertz CT molecular complexity index is 785. The molecule has 0 aliphatic rings. The van der Waals surface area contributed by atoms with Gasteiger partial charge in [-0.3, -0.25) is 0 Å². The molecule has 3 nitrogen and oxygen atoms in total. The summed E-state index contributed by atoms with van der Waals surface area (Å²) in [6.07, 6.45) is 1.41. The molecule has 0 saturated heterocycles. The lowest BCUT2D eigenvalue weighted by molar-refractivity contribution is 0.603. The van der Waals surface area contributed by atoms with Crippen LogP contribution in [-0.4, -0.2) is 8.42 Å². The Morgan fingerprint density at radius 2 is 1.65 bits per heavy atom. The molecule has 0 bridgehead atoms. The van der Waals surface area contributed by atoms with Gasteiger partial charge in [-0.2, -0.15) is 5.26 Å². The number of benzene rings is 2. The number of allylic oxidation sites excluding steroid dienone is 1. The monoisotopic (exact) mass is 283 g/mol. The van der Waals surface area contributed by atoms with Gasteiger partial charge in [-0.1, -0.05) is 42.5 Å². The van der Waals surface area contributed by atoms with Gasteiger partial charge >= 0.3 is 0 Å². The zero-order valence-corrected chi connectivity index (χ0v) is 11.8. The molecule has 0 saturated carbocycles. The van der Waals surface area contributed by atoms with Crippen LogP contribution in [0.1, 0.15) is 11.1 Å². The maximum absolute atomic E-state index is 12.4. The van der Waals surface area contributed by atoms with Crippen LogP contribution in [0.5, 0.6) is 0 Å². The van der Waals surface area contributed by atoms with Gasteiger partial charge in [0.05, 0.1) is 4.90 Å². The molecular formula is C16H13NO2S. The normalized spacial score (nSPS) is 11.9. The molecule has 0 heterocycles. The van der Waals surface area contributed by atoms with Crippen molar-refractivity contribution in [3.8, 4) is 6.07 Å². The van der Waals surface area contributed by atoms with E-state index >= 15 is 0 Å². The van der Waals surface area contributed by atoms with Crippen molar-refractivity contribution >= 4 is 15.9 Å². The van der Waals surface area contributed by atoms with Crippen LogP contribution >= 0.6 is 0 Å². The molecule has 0 fully saturated rings. The number of nitrogens with zero attached hydrogens (tertiary/aromatic N) is 1. The molecule has 4 heteroatoms. The minimum Gasteiger partial charge on any atom is -0.218 e. The molecule has 2 rings (SSSR count). The maximum Gasteiger partial charge on any atom is 0.216 e. The van der Waals surface area contributed by atoms with E-state index in [9.17, 15) is 13.7 Å². The van der Waals surface area contributed by atoms with E-state index in [1.165, 1.54) is 18.2 Å². The highest BCUT2D eigenvalue weighted by Gasteiger charge is 2.20. The van der Waals surface area contributed by atoms with E-state index in [0.717, 1.165) is 11.1 Å². The van der Waals surface area contributed by atoms with Crippen molar-refractivity contribution in [1.82, 2.24) is 0 Å². The number of nitriles is 1. The third-order valence-corrected chi connectivity index (χ3v) is 4.61. The molecule has 0 N–H and O–H groups in total. The molecule has 0 unspecified atom stereocenters. The Kier molecular flexibility index (Phi) is 4.02. The lowest BCUT2D eigenvalue weighted by Gasteiger charge is -2.04. The predicted octanol–water partition coefficient (Wildman–Crippen LogP) is 3.33. The molecule has 2 aromatic rings. The highest BCUT2D eigenvalue weighted by molar-refractivity contribution is 7.95. The molecule has 2 aromatic carbocycles. The van der Waals surface area contributed by atoms with Crippen molar-refractivity contribution in [2.24, 2.45) is 0 Å². The second kappa shape index (κ2) is 5.72. The van der Waals surface area contributed by atoms with Crippen LogP contribution in [0.15, 0.2) is 64.4 Å². The lowest BCUT2D eigenvalue weighted by atomic mass is 10.1. The van der Waals surface area contributed by atoms with E-state index in [-0.39, 0.29) is 9.80 Å². The summed E-state index contributed by atoms with van der Waals surface area (Å²) in [4.78, 5) is -0.126. The van der Waals surface area contributed by atoms with E-state index in [1.54, 1.807) is 30.3 Å². The molecule has 0 spiro atoms. The standard InChI is InChI=1S/C16H13NO2S/c1-13-7-5-6-8-14(13)11-16(12-17)20(18,19)15-9-3-2-4-10-15/h2-11H,1H3/b16-11-. The first-order chi connectivity index (χ1) is 9.55. The van der Waals surface area contributed by atoms with Crippen molar-refractivity contribution < 1.29 is 8.42 Å². The average molecular weight is 283 g/mol.